The van der Waals surface area contributed by atoms with Crippen molar-refractivity contribution in [2.24, 2.45) is 11.7 Å². The van der Waals surface area contributed by atoms with Crippen molar-refractivity contribution < 1.29 is 9.53 Å². The summed E-state index contributed by atoms with van der Waals surface area (Å²) in [4.78, 5) is 12.0. The van der Waals surface area contributed by atoms with Crippen LogP contribution in [0.25, 0.3) is 0 Å². The van der Waals surface area contributed by atoms with Crippen molar-refractivity contribution >= 4 is 33.4 Å². The van der Waals surface area contributed by atoms with Gasteiger partial charge in [-0.3, -0.25) is 4.79 Å². The second-order valence-electron chi connectivity index (χ2n) is 5.32. The molecular weight excluding hydrogens is 356 g/mol. The molecule has 4 nitrogen and oxygen atoms in total. The number of benzene rings is 1. The first kappa shape index (κ1) is 16.6. The molecular formula is C15H20BrClN2O2. The summed E-state index contributed by atoms with van der Waals surface area (Å²) < 4.78 is 6.34. The van der Waals surface area contributed by atoms with Crippen LogP contribution in [0.1, 0.15) is 25.7 Å². The van der Waals surface area contributed by atoms with Crippen LogP contribution in [0.4, 0.5) is 0 Å². The Balaban J connectivity index is 1.84. The van der Waals surface area contributed by atoms with E-state index in [1.807, 2.05) is 6.07 Å². The molecule has 1 saturated carbocycles. The van der Waals surface area contributed by atoms with Crippen LogP contribution < -0.4 is 15.8 Å². The molecule has 116 valence electrons. The first-order valence-electron chi connectivity index (χ1n) is 7.17. The van der Waals surface area contributed by atoms with Crippen LogP contribution in [0.2, 0.25) is 5.02 Å². The third-order valence-corrected chi connectivity index (χ3v) is 4.60. The highest BCUT2D eigenvalue weighted by molar-refractivity contribution is 9.10. The molecule has 1 fully saturated rings. The average molecular weight is 376 g/mol. The van der Waals surface area contributed by atoms with E-state index < -0.39 is 0 Å². The summed E-state index contributed by atoms with van der Waals surface area (Å²) in [6.45, 7) is 0.583. The minimum absolute atomic E-state index is 0.0326. The fraction of sp³-hybridized carbons (Fsp3) is 0.533. The maximum atomic E-state index is 12.0. The van der Waals surface area contributed by atoms with Gasteiger partial charge in [0.1, 0.15) is 5.75 Å². The predicted molar refractivity (Wildman–Crippen MR) is 87.6 cm³/mol. The summed E-state index contributed by atoms with van der Waals surface area (Å²) in [7, 11) is 0. The summed E-state index contributed by atoms with van der Waals surface area (Å²) >= 11 is 9.37. The Labute approximate surface area is 138 Å². The molecule has 21 heavy (non-hydrogen) atoms. The fourth-order valence-corrected chi connectivity index (χ4v) is 3.39. The number of nitrogens with one attached hydrogen (secondary N) is 1. The molecule has 2 atom stereocenters. The number of carbonyl (C=O) groups is 1. The maximum absolute atomic E-state index is 12.0. The van der Waals surface area contributed by atoms with Gasteiger partial charge in [0.2, 0.25) is 0 Å². The predicted octanol–water partition coefficient (Wildman–Crippen LogP) is 3.12. The monoisotopic (exact) mass is 374 g/mol. The fourth-order valence-electron chi connectivity index (χ4n) is 2.66. The van der Waals surface area contributed by atoms with Crippen LogP contribution in [0.15, 0.2) is 22.7 Å². The van der Waals surface area contributed by atoms with E-state index in [1.54, 1.807) is 12.1 Å². The van der Waals surface area contributed by atoms with Crippen LogP contribution in [0, 0.1) is 5.92 Å². The molecule has 0 radical (unpaired) electrons. The molecule has 3 N–H and O–H groups in total. The number of hydrogen-bond acceptors (Lipinski definition) is 3. The van der Waals surface area contributed by atoms with E-state index in [-0.39, 0.29) is 18.6 Å². The zero-order valence-electron chi connectivity index (χ0n) is 11.8. The van der Waals surface area contributed by atoms with E-state index in [1.165, 1.54) is 6.42 Å². The Morgan fingerprint density at radius 3 is 2.90 bits per heavy atom. The SMILES string of the molecule is NCC1CCCCC1NC(=O)COc1ccc(Br)cc1Cl. The lowest BCUT2D eigenvalue weighted by atomic mass is 9.84. The Hall–Kier alpha value is -0.780. The van der Waals surface area contributed by atoms with E-state index in [0.717, 1.165) is 23.7 Å². The van der Waals surface area contributed by atoms with Gasteiger partial charge in [0.05, 0.1) is 5.02 Å². The van der Waals surface area contributed by atoms with Gasteiger partial charge in [0, 0.05) is 10.5 Å². The summed E-state index contributed by atoms with van der Waals surface area (Å²) in [5.74, 6) is 0.757. The highest BCUT2D eigenvalue weighted by atomic mass is 79.9. The lowest BCUT2D eigenvalue weighted by molar-refractivity contribution is -0.124. The van der Waals surface area contributed by atoms with Gasteiger partial charge >= 0.3 is 0 Å². The molecule has 1 amide bonds. The van der Waals surface area contributed by atoms with Gasteiger partial charge in [-0.2, -0.15) is 0 Å². The summed E-state index contributed by atoms with van der Waals surface area (Å²) in [6, 6.07) is 5.47. The van der Waals surface area contributed by atoms with Gasteiger partial charge in [-0.05, 0) is 43.5 Å². The highest BCUT2D eigenvalue weighted by Gasteiger charge is 2.25. The number of amides is 1. The zero-order valence-corrected chi connectivity index (χ0v) is 14.1. The molecule has 6 heteroatoms. The van der Waals surface area contributed by atoms with Crippen molar-refractivity contribution in [3.63, 3.8) is 0 Å². The number of carbonyl (C=O) groups excluding carboxylic acids is 1. The Kier molecular flexibility index (Phi) is 6.33. The number of halogens is 2. The molecule has 0 saturated heterocycles. The number of hydrogen-bond donors (Lipinski definition) is 2. The topological polar surface area (TPSA) is 64.3 Å². The van der Waals surface area contributed by atoms with Gasteiger partial charge in [-0.1, -0.05) is 40.4 Å². The van der Waals surface area contributed by atoms with Crippen molar-refractivity contribution in [1.82, 2.24) is 5.32 Å². The Morgan fingerprint density at radius 2 is 2.19 bits per heavy atom. The van der Waals surface area contributed by atoms with Crippen molar-refractivity contribution in [3.8, 4) is 5.75 Å². The third kappa shape index (κ3) is 4.87. The first-order chi connectivity index (χ1) is 10.1. The van der Waals surface area contributed by atoms with Crippen LogP contribution in [-0.2, 0) is 4.79 Å². The van der Waals surface area contributed by atoms with Crippen LogP contribution in [-0.4, -0.2) is 25.1 Å². The number of ether oxygens (including phenoxy) is 1. The number of nitrogens with two attached hydrogens (primary N) is 1. The average Bonchev–Trinajstić information content (AvgIpc) is 2.47. The van der Waals surface area contributed by atoms with Gasteiger partial charge in [0.25, 0.3) is 5.91 Å². The second-order valence-corrected chi connectivity index (χ2v) is 6.64. The second kappa shape index (κ2) is 8.01. The molecule has 0 bridgehead atoms. The van der Waals surface area contributed by atoms with Gasteiger partial charge < -0.3 is 15.8 Å². The lowest BCUT2D eigenvalue weighted by Gasteiger charge is -2.31. The summed E-state index contributed by atoms with van der Waals surface area (Å²) in [5, 5.41) is 3.51. The molecule has 0 heterocycles. The molecule has 1 aliphatic carbocycles. The molecule has 2 unspecified atom stereocenters. The van der Waals surface area contributed by atoms with Crippen molar-refractivity contribution in [2.45, 2.75) is 31.7 Å². The van der Waals surface area contributed by atoms with E-state index in [4.69, 9.17) is 22.1 Å². The van der Waals surface area contributed by atoms with Crippen molar-refractivity contribution in [1.29, 1.82) is 0 Å². The smallest absolute Gasteiger partial charge is 0.258 e. The third-order valence-electron chi connectivity index (χ3n) is 3.81. The zero-order chi connectivity index (χ0) is 15.2. The Morgan fingerprint density at radius 1 is 1.43 bits per heavy atom. The first-order valence-corrected chi connectivity index (χ1v) is 8.34. The minimum atomic E-state index is -0.126. The minimum Gasteiger partial charge on any atom is -0.482 e. The van der Waals surface area contributed by atoms with Gasteiger partial charge in [-0.25, -0.2) is 0 Å². The molecule has 0 aliphatic heterocycles. The summed E-state index contributed by atoms with van der Waals surface area (Å²) in [6.07, 6.45) is 4.41. The van der Waals surface area contributed by atoms with Gasteiger partial charge in [-0.15, -0.1) is 0 Å². The lowest BCUT2D eigenvalue weighted by Crippen LogP contribution is -2.46. The summed E-state index contributed by atoms with van der Waals surface area (Å²) in [5.41, 5.74) is 5.76. The molecule has 1 aromatic rings. The molecule has 1 aromatic carbocycles. The molecule has 2 rings (SSSR count). The van der Waals surface area contributed by atoms with Crippen LogP contribution in [0.3, 0.4) is 0 Å². The van der Waals surface area contributed by atoms with E-state index in [9.17, 15) is 4.79 Å². The maximum Gasteiger partial charge on any atom is 0.258 e. The standard InChI is InChI=1S/C15H20BrClN2O2/c16-11-5-6-14(12(17)7-11)21-9-15(20)19-13-4-2-1-3-10(13)8-18/h5-7,10,13H,1-4,8-9,18H2,(H,19,20). The van der Waals surface area contributed by atoms with Crippen molar-refractivity contribution in [2.75, 3.05) is 13.2 Å². The quantitative estimate of drug-likeness (QED) is 0.831. The molecule has 1 aliphatic rings. The van der Waals surface area contributed by atoms with E-state index in [2.05, 4.69) is 21.2 Å². The highest BCUT2D eigenvalue weighted by Crippen LogP contribution is 2.27. The van der Waals surface area contributed by atoms with Crippen LogP contribution in [0.5, 0.6) is 5.75 Å². The molecule has 0 spiro atoms. The molecule has 0 aromatic heterocycles. The van der Waals surface area contributed by atoms with E-state index in [0.29, 0.717) is 23.2 Å². The Bertz CT molecular complexity index is 499. The van der Waals surface area contributed by atoms with E-state index >= 15 is 0 Å². The van der Waals surface area contributed by atoms with Crippen LogP contribution >= 0.6 is 27.5 Å². The normalized spacial score (nSPS) is 21.9. The van der Waals surface area contributed by atoms with Gasteiger partial charge in [0.15, 0.2) is 6.61 Å². The number of rotatable bonds is 5. The van der Waals surface area contributed by atoms with Crippen molar-refractivity contribution in [3.05, 3.63) is 27.7 Å². The largest absolute Gasteiger partial charge is 0.482 e.